The Hall–Kier alpha value is -1.43. The highest BCUT2D eigenvalue weighted by Crippen LogP contribution is 2.14. The molecule has 1 aromatic rings. The first-order chi connectivity index (χ1) is 4.66. The molecule has 52 valence electrons. The zero-order valence-corrected chi connectivity index (χ0v) is 6.05. The number of aromatic nitrogens is 1. The first-order valence-electron chi connectivity index (χ1n) is 2.98. The second kappa shape index (κ2) is 2.07. The van der Waals surface area contributed by atoms with Gasteiger partial charge in [0.25, 0.3) is 0 Å². The van der Waals surface area contributed by atoms with Crippen molar-refractivity contribution in [1.29, 1.82) is 5.26 Å². The Morgan fingerprint density at radius 2 is 2.30 bits per heavy atom. The summed E-state index contributed by atoms with van der Waals surface area (Å²) in [5.41, 5.74) is 7.62. The lowest BCUT2D eigenvalue weighted by atomic mass is 10.4. The molecule has 0 saturated heterocycles. The molecule has 1 rings (SSSR count). The largest absolute Gasteiger partial charge is 0.396 e. The Morgan fingerprint density at radius 3 is 2.50 bits per heavy atom. The third kappa shape index (κ3) is 0.742. The van der Waals surface area contributed by atoms with Crippen LogP contribution < -0.4 is 5.73 Å². The SMILES string of the molecule is Cc1cc(N)c(C#N)n1C. The highest BCUT2D eigenvalue weighted by Gasteiger charge is 2.04. The van der Waals surface area contributed by atoms with Crippen LogP contribution in [-0.2, 0) is 7.05 Å². The molecule has 2 N–H and O–H groups in total. The summed E-state index contributed by atoms with van der Waals surface area (Å²) in [6, 6.07) is 3.81. The first kappa shape index (κ1) is 6.69. The van der Waals surface area contributed by atoms with E-state index in [9.17, 15) is 0 Å². The molecular weight excluding hydrogens is 126 g/mol. The maximum absolute atomic E-state index is 8.56. The summed E-state index contributed by atoms with van der Waals surface area (Å²) in [7, 11) is 1.82. The summed E-state index contributed by atoms with van der Waals surface area (Å²) in [5, 5.41) is 8.56. The Bertz CT molecular complexity index is 291. The van der Waals surface area contributed by atoms with Gasteiger partial charge in [-0.3, -0.25) is 0 Å². The van der Waals surface area contributed by atoms with Crippen molar-refractivity contribution in [2.45, 2.75) is 6.92 Å². The van der Waals surface area contributed by atoms with Crippen molar-refractivity contribution in [2.75, 3.05) is 5.73 Å². The molecule has 0 radical (unpaired) electrons. The van der Waals surface area contributed by atoms with E-state index in [1.165, 1.54) is 0 Å². The Labute approximate surface area is 59.7 Å². The number of hydrogen-bond acceptors (Lipinski definition) is 2. The van der Waals surface area contributed by atoms with Gasteiger partial charge in [-0.1, -0.05) is 0 Å². The lowest BCUT2D eigenvalue weighted by Crippen LogP contribution is -1.95. The molecule has 0 amide bonds. The number of nitriles is 1. The van der Waals surface area contributed by atoms with Crippen LogP contribution in [0.2, 0.25) is 0 Å². The van der Waals surface area contributed by atoms with Crippen LogP contribution in [-0.4, -0.2) is 4.57 Å². The molecule has 0 bridgehead atoms. The molecule has 0 aliphatic carbocycles. The Kier molecular flexibility index (Phi) is 1.38. The summed E-state index contributed by atoms with van der Waals surface area (Å²) in [4.78, 5) is 0. The van der Waals surface area contributed by atoms with Crippen LogP contribution in [0.3, 0.4) is 0 Å². The first-order valence-corrected chi connectivity index (χ1v) is 2.98. The summed E-state index contributed by atoms with van der Waals surface area (Å²) in [6.45, 7) is 1.91. The fourth-order valence-corrected chi connectivity index (χ4v) is 0.900. The number of nitrogens with two attached hydrogens (primary N) is 1. The molecule has 0 saturated carbocycles. The molecule has 10 heavy (non-hydrogen) atoms. The monoisotopic (exact) mass is 135 g/mol. The lowest BCUT2D eigenvalue weighted by molar-refractivity contribution is 0.867. The van der Waals surface area contributed by atoms with Crippen molar-refractivity contribution in [3.63, 3.8) is 0 Å². The predicted octanol–water partition coefficient (Wildman–Crippen LogP) is 0.787. The number of aryl methyl sites for hydroxylation is 1. The molecule has 0 fully saturated rings. The van der Waals surface area contributed by atoms with Gasteiger partial charge in [-0.15, -0.1) is 0 Å². The minimum Gasteiger partial charge on any atom is -0.396 e. The van der Waals surface area contributed by atoms with Crippen LogP contribution in [0, 0.1) is 18.3 Å². The minimum absolute atomic E-state index is 0.539. The van der Waals surface area contributed by atoms with E-state index in [1.807, 2.05) is 20.0 Å². The van der Waals surface area contributed by atoms with Crippen LogP contribution in [0.1, 0.15) is 11.4 Å². The average Bonchev–Trinajstić information content (AvgIpc) is 2.09. The maximum atomic E-state index is 8.56. The number of hydrogen-bond donors (Lipinski definition) is 1. The van der Waals surface area contributed by atoms with Crippen molar-refractivity contribution in [3.05, 3.63) is 17.5 Å². The minimum atomic E-state index is 0.539. The van der Waals surface area contributed by atoms with Gasteiger partial charge in [-0.25, -0.2) is 0 Å². The van der Waals surface area contributed by atoms with Crippen LogP contribution in [0.15, 0.2) is 6.07 Å². The maximum Gasteiger partial charge on any atom is 0.143 e. The fraction of sp³-hybridized carbons (Fsp3) is 0.286. The van der Waals surface area contributed by atoms with Gasteiger partial charge in [0.1, 0.15) is 11.8 Å². The third-order valence-corrected chi connectivity index (χ3v) is 1.61. The van der Waals surface area contributed by atoms with E-state index in [0.29, 0.717) is 11.4 Å². The van der Waals surface area contributed by atoms with E-state index < -0.39 is 0 Å². The average molecular weight is 135 g/mol. The van der Waals surface area contributed by atoms with E-state index in [-0.39, 0.29) is 0 Å². The molecule has 0 unspecified atom stereocenters. The van der Waals surface area contributed by atoms with Gasteiger partial charge >= 0.3 is 0 Å². The highest BCUT2D eigenvalue weighted by molar-refractivity contribution is 5.53. The van der Waals surface area contributed by atoms with Crippen molar-refractivity contribution < 1.29 is 0 Å². The molecule has 0 aromatic carbocycles. The molecule has 1 heterocycles. The van der Waals surface area contributed by atoms with Gasteiger partial charge in [0.15, 0.2) is 0 Å². The van der Waals surface area contributed by atoms with Gasteiger partial charge in [0, 0.05) is 12.7 Å². The Morgan fingerprint density at radius 1 is 1.70 bits per heavy atom. The zero-order valence-electron chi connectivity index (χ0n) is 6.05. The van der Waals surface area contributed by atoms with Crippen molar-refractivity contribution in [1.82, 2.24) is 4.57 Å². The second-order valence-electron chi connectivity index (χ2n) is 2.26. The smallest absolute Gasteiger partial charge is 0.143 e. The summed E-state index contributed by atoms with van der Waals surface area (Å²) in [5.74, 6) is 0. The van der Waals surface area contributed by atoms with E-state index in [4.69, 9.17) is 11.0 Å². The molecule has 3 heteroatoms. The van der Waals surface area contributed by atoms with E-state index >= 15 is 0 Å². The molecule has 3 nitrogen and oxygen atoms in total. The van der Waals surface area contributed by atoms with E-state index in [2.05, 4.69) is 0 Å². The van der Waals surface area contributed by atoms with Crippen molar-refractivity contribution >= 4 is 5.69 Å². The standard InChI is InChI=1S/C7H9N3/c1-5-3-6(9)7(4-8)10(5)2/h3H,9H2,1-2H3. The second-order valence-corrected chi connectivity index (χ2v) is 2.26. The van der Waals surface area contributed by atoms with Crippen LogP contribution >= 0.6 is 0 Å². The predicted molar refractivity (Wildman–Crippen MR) is 39.3 cm³/mol. The molecule has 0 atom stereocenters. The van der Waals surface area contributed by atoms with Crippen molar-refractivity contribution in [2.24, 2.45) is 7.05 Å². The molecule has 0 aliphatic heterocycles. The normalized spacial score (nSPS) is 9.30. The number of nitrogen functional groups attached to an aromatic ring is 1. The van der Waals surface area contributed by atoms with Gasteiger partial charge in [0.2, 0.25) is 0 Å². The summed E-state index contributed by atoms with van der Waals surface area (Å²) >= 11 is 0. The van der Waals surface area contributed by atoms with Gasteiger partial charge in [-0.05, 0) is 13.0 Å². The van der Waals surface area contributed by atoms with Crippen molar-refractivity contribution in [3.8, 4) is 6.07 Å². The quantitative estimate of drug-likeness (QED) is 0.571. The zero-order chi connectivity index (χ0) is 7.72. The number of nitrogens with zero attached hydrogens (tertiary/aromatic N) is 2. The van der Waals surface area contributed by atoms with E-state index in [0.717, 1.165) is 5.69 Å². The van der Waals surface area contributed by atoms with Gasteiger partial charge in [0.05, 0.1) is 5.69 Å². The molecule has 1 aromatic heterocycles. The number of anilines is 1. The van der Waals surface area contributed by atoms with Gasteiger partial charge < -0.3 is 10.3 Å². The van der Waals surface area contributed by atoms with E-state index in [1.54, 1.807) is 10.6 Å². The molecule has 0 aliphatic rings. The Balaban J connectivity index is 3.37. The van der Waals surface area contributed by atoms with Crippen LogP contribution in [0.25, 0.3) is 0 Å². The fourth-order valence-electron chi connectivity index (χ4n) is 0.900. The van der Waals surface area contributed by atoms with Crippen LogP contribution in [0.5, 0.6) is 0 Å². The third-order valence-electron chi connectivity index (χ3n) is 1.61. The lowest BCUT2D eigenvalue weighted by Gasteiger charge is -1.94. The summed E-state index contributed by atoms with van der Waals surface area (Å²) in [6.07, 6.45) is 0. The highest BCUT2D eigenvalue weighted by atomic mass is 15.0. The van der Waals surface area contributed by atoms with Gasteiger partial charge in [-0.2, -0.15) is 5.26 Å². The summed E-state index contributed by atoms with van der Waals surface area (Å²) < 4.78 is 1.77. The number of rotatable bonds is 0. The topological polar surface area (TPSA) is 54.7 Å². The van der Waals surface area contributed by atoms with Crippen LogP contribution in [0.4, 0.5) is 5.69 Å². The molecular formula is C7H9N3. The molecule has 0 spiro atoms.